The van der Waals surface area contributed by atoms with Gasteiger partial charge in [0.2, 0.25) is 0 Å². The Labute approximate surface area is 58.2 Å². The number of carbonyl (C=O) groups excluding carboxylic acids is 2. The molecule has 0 fully saturated rings. The Hall–Kier alpha value is -0.130. The van der Waals surface area contributed by atoms with E-state index in [1.165, 1.54) is 13.8 Å². The summed E-state index contributed by atoms with van der Waals surface area (Å²) in [5, 5.41) is 0. The predicted octanol–water partition coefficient (Wildman–Crippen LogP) is -2.90. The van der Waals surface area contributed by atoms with E-state index in [0.717, 1.165) is 0 Å². The molecule has 0 saturated heterocycles. The molecule has 4 heteroatoms. The molecule has 0 spiro atoms. The third-order valence-corrected chi connectivity index (χ3v) is 1.72. The van der Waals surface area contributed by atoms with Crippen LogP contribution < -0.4 is 21.6 Å². The fourth-order valence-corrected chi connectivity index (χ4v) is 0.729. The van der Waals surface area contributed by atoms with Crippen LogP contribution in [0.1, 0.15) is 13.8 Å². The first-order chi connectivity index (χ1) is 3.63. The normalized spacial score (nSPS) is 8.75. The molecule has 0 heterocycles. The molecule has 0 aromatic carbocycles. The summed E-state index contributed by atoms with van der Waals surface area (Å²) >= 11 is -0.964. The maximum atomic E-state index is 10.1. The molecule has 0 amide bonds. The average Bonchev–Trinajstić information content (AvgIpc) is 1.61. The Balaban J connectivity index is 3.18. The molecule has 48 valence electrons. The van der Waals surface area contributed by atoms with Crippen molar-refractivity contribution in [2.45, 2.75) is 13.8 Å². The van der Waals surface area contributed by atoms with Crippen molar-refractivity contribution in [1.82, 2.24) is 0 Å². The SMILES string of the molecule is CC(=O)O[I-]C(C)=O. The second kappa shape index (κ2) is 3.82. The molecule has 0 rings (SSSR count). The van der Waals surface area contributed by atoms with Gasteiger partial charge in [0.25, 0.3) is 0 Å². The van der Waals surface area contributed by atoms with E-state index in [-0.39, 0.29) is 9.76 Å². The van der Waals surface area contributed by atoms with Crippen LogP contribution >= 0.6 is 0 Å². The van der Waals surface area contributed by atoms with Gasteiger partial charge in [0.15, 0.2) is 0 Å². The molecular weight excluding hydrogens is 223 g/mol. The molecule has 0 saturated carbocycles. The fourth-order valence-electron chi connectivity index (χ4n) is 0.109. The van der Waals surface area contributed by atoms with E-state index in [2.05, 4.69) is 3.07 Å². The number of rotatable bonds is 2. The van der Waals surface area contributed by atoms with Crippen molar-refractivity contribution in [3.63, 3.8) is 0 Å². The van der Waals surface area contributed by atoms with E-state index in [9.17, 15) is 9.59 Å². The van der Waals surface area contributed by atoms with Crippen LogP contribution in [0.2, 0.25) is 0 Å². The number of halogens is 1. The summed E-state index contributed by atoms with van der Waals surface area (Å²) < 4.78 is 4.40. The van der Waals surface area contributed by atoms with Gasteiger partial charge < -0.3 is 0 Å². The van der Waals surface area contributed by atoms with Crippen LogP contribution in [0.5, 0.6) is 0 Å². The van der Waals surface area contributed by atoms with Crippen molar-refractivity contribution in [1.29, 1.82) is 0 Å². The first kappa shape index (κ1) is 7.87. The number of hydrogen-bond acceptors (Lipinski definition) is 3. The number of hydrogen-bond donors (Lipinski definition) is 0. The molecule has 0 bridgehead atoms. The molecule has 3 nitrogen and oxygen atoms in total. The van der Waals surface area contributed by atoms with Gasteiger partial charge in [0.05, 0.1) is 0 Å². The van der Waals surface area contributed by atoms with E-state index in [1.54, 1.807) is 0 Å². The molecule has 8 heavy (non-hydrogen) atoms. The van der Waals surface area contributed by atoms with Crippen LogP contribution in [0.25, 0.3) is 0 Å². The summed E-state index contributed by atoms with van der Waals surface area (Å²) in [6, 6.07) is 0. The molecule has 0 N–H and O–H groups in total. The second-order valence-corrected chi connectivity index (χ2v) is 3.52. The summed E-state index contributed by atoms with van der Waals surface area (Å²) in [5.74, 6) is -0.368. The Morgan fingerprint density at radius 1 is 1.38 bits per heavy atom. The minimum atomic E-state index is -0.964. The zero-order valence-electron chi connectivity index (χ0n) is 4.60. The summed E-state index contributed by atoms with van der Waals surface area (Å²) in [7, 11) is 0. The summed E-state index contributed by atoms with van der Waals surface area (Å²) in [6.45, 7) is 2.71. The maximum absolute atomic E-state index is 10.1. The average molecular weight is 229 g/mol. The molecular formula is C4H6IO3-. The summed E-state index contributed by atoms with van der Waals surface area (Å²) in [6.07, 6.45) is 0. The first-order valence-electron chi connectivity index (χ1n) is 1.96. The van der Waals surface area contributed by atoms with Gasteiger partial charge in [-0.3, -0.25) is 0 Å². The molecule has 0 aliphatic heterocycles. The predicted molar refractivity (Wildman–Crippen MR) is 22.4 cm³/mol. The Morgan fingerprint density at radius 2 is 1.88 bits per heavy atom. The number of carbonyl (C=O) groups is 2. The summed E-state index contributed by atoms with van der Waals surface area (Å²) in [5.41, 5.74) is 0. The molecule has 0 aromatic heterocycles. The Kier molecular flexibility index (Phi) is 3.76. The van der Waals surface area contributed by atoms with Crippen molar-refractivity contribution in [2.24, 2.45) is 0 Å². The third kappa shape index (κ3) is 5.87. The van der Waals surface area contributed by atoms with Gasteiger partial charge in [-0.1, -0.05) is 0 Å². The molecule has 0 aliphatic carbocycles. The van der Waals surface area contributed by atoms with Crippen molar-refractivity contribution < 1.29 is 34.3 Å². The van der Waals surface area contributed by atoms with E-state index in [0.29, 0.717) is 0 Å². The third-order valence-electron chi connectivity index (χ3n) is 0.256. The van der Waals surface area contributed by atoms with Crippen LogP contribution in [0.4, 0.5) is 0 Å². The van der Waals surface area contributed by atoms with Crippen molar-refractivity contribution in [3.05, 3.63) is 0 Å². The monoisotopic (exact) mass is 229 g/mol. The zero-order chi connectivity index (χ0) is 6.57. The zero-order valence-corrected chi connectivity index (χ0v) is 6.76. The first-order valence-corrected chi connectivity index (χ1v) is 3.92. The molecule has 0 radical (unpaired) electrons. The van der Waals surface area contributed by atoms with Crippen LogP contribution in [0.15, 0.2) is 0 Å². The Bertz CT molecular complexity index is 95.9. The van der Waals surface area contributed by atoms with Gasteiger partial charge in [0, 0.05) is 0 Å². The van der Waals surface area contributed by atoms with Gasteiger partial charge in [0.1, 0.15) is 0 Å². The second-order valence-electron chi connectivity index (χ2n) is 1.12. The Morgan fingerprint density at radius 3 is 2.00 bits per heavy atom. The van der Waals surface area contributed by atoms with E-state index >= 15 is 0 Å². The van der Waals surface area contributed by atoms with Crippen LogP contribution in [-0.4, -0.2) is 9.76 Å². The van der Waals surface area contributed by atoms with Gasteiger partial charge in [-0.15, -0.1) is 0 Å². The molecule has 0 atom stereocenters. The van der Waals surface area contributed by atoms with Gasteiger partial charge >= 0.3 is 57.9 Å². The topological polar surface area (TPSA) is 43.4 Å². The summed E-state index contributed by atoms with van der Waals surface area (Å²) in [4.78, 5) is 20.1. The van der Waals surface area contributed by atoms with Crippen molar-refractivity contribution >= 4 is 9.76 Å². The minimum absolute atomic E-state index is 0.0287. The standard InChI is InChI=1S/C4H6IO3/c1-3(6)5-8-4(2)7/h1-2H3/q-1. The van der Waals surface area contributed by atoms with Gasteiger partial charge in [-0.25, -0.2) is 0 Å². The van der Waals surface area contributed by atoms with Crippen LogP contribution in [0, 0.1) is 0 Å². The molecule has 0 aromatic rings. The van der Waals surface area contributed by atoms with E-state index in [4.69, 9.17) is 0 Å². The quantitative estimate of drug-likeness (QED) is 0.377. The van der Waals surface area contributed by atoms with Gasteiger partial charge in [-0.2, -0.15) is 0 Å². The molecule has 0 aliphatic rings. The van der Waals surface area contributed by atoms with E-state index in [1.807, 2.05) is 0 Å². The van der Waals surface area contributed by atoms with E-state index < -0.39 is 21.6 Å². The van der Waals surface area contributed by atoms with Crippen LogP contribution in [0.3, 0.4) is 0 Å². The molecule has 0 unspecified atom stereocenters. The van der Waals surface area contributed by atoms with Crippen LogP contribution in [-0.2, 0) is 12.7 Å². The fraction of sp³-hybridized carbons (Fsp3) is 0.500. The van der Waals surface area contributed by atoms with Crippen molar-refractivity contribution in [2.75, 3.05) is 0 Å². The van der Waals surface area contributed by atoms with Gasteiger partial charge in [-0.05, 0) is 0 Å². The van der Waals surface area contributed by atoms with Crippen molar-refractivity contribution in [3.8, 4) is 0 Å².